The molecule has 5 nitrogen and oxygen atoms in total. The molecule has 3 saturated heterocycles. The van der Waals surface area contributed by atoms with Gasteiger partial charge in [0.1, 0.15) is 0 Å². The van der Waals surface area contributed by atoms with Gasteiger partial charge in [-0.2, -0.15) is 5.10 Å². The first-order valence-corrected chi connectivity index (χ1v) is 12.0. The minimum atomic E-state index is 0.0962. The van der Waals surface area contributed by atoms with Gasteiger partial charge in [-0.3, -0.25) is 14.8 Å². The van der Waals surface area contributed by atoms with E-state index in [1.165, 1.54) is 37.8 Å². The molecule has 4 aliphatic rings. The molecule has 3 fully saturated rings. The first kappa shape index (κ1) is 17.9. The Morgan fingerprint density at radius 3 is 3.10 bits per heavy atom. The maximum absolute atomic E-state index is 13.5. The molecule has 4 atom stereocenters. The van der Waals surface area contributed by atoms with Crippen LogP contribution < -0.4 is 0 Å². The number of hydrogen-bond donors (Lipinski definition) is 1. The molecule has 152 valence electrons. The Balaban J connectivity index is 1.29. The van der Waals surface area contributed by atoms with E-state index in [0.29, 0.717) is 17.5 Å². The molecule has 0 spiro atoms. The summed E-state index contributed by atoms with van der Waals surface area (Å²) in [6.07, 6.45) is 10.1. The summed E-state index contributed by atoms with van der Waals surface area (Å²) in [6.45, 7) is 3.26. The Bertz CT molecular complexity index is 933. The highest BCUT2D eigenvalue weighted by Crippen LogP contribution is 2.45. The number of carbonyl (C=O) groups excluding carboxylic acids is 1. The summed E-state index contributed by atoms with van der Waals surface area (Å²) in [5.41, 5.74) is 3.03. The number of carbonyl (C=O) groups is 1. The van der Waals surface area contributed by atoms with Gasteiger partial charge in [-0.1, -0.05) is 24.1 Å². The molecular weight excluding hydrogens is 380 g/mol. The average Bonchev–Trinajstić information content (AvgIpc) is 3.45. The normalized spacial score (nSPS) is 31.7. The van der Waals surface area contributed by atoms with Gasteiger partial charge in [0.25, 0.3) is 5.91 Å². The highest BCUT2D eigenvalue weighted by molar-refractivity contribution is 7.13. The molecule has 2 bridgehead atoms. The third-order valence-electron chi connectivity index (χ3n) is 7.50. The van der Waals surface area contributed by atoms with Crippen LogP contribution in [0.5, 0.6) is 0 Å². The lowest BCUT2D eigenvalue weighted by molar-refractivity contribution is 0.00131. The lowest BCUT2D eigenvalue weighted by Gasteiger charge is -2.54. The molecule has 6 heteroatoms. The van der Waals surface area contributed by atoms with Crippen LogP contribution in [0.15, 0.2) is 35.2 Å². The van der Waals surface area contributed by atoms with Crippen LogP contribution in [-0.2, 0) is 0 Å². The summed E-state index contributed by atoms with van der Waals surface area (Å²) in [7, 11) is 0. The van der Waals surface area contributed by atoms with Crippen molar-refractivity contribution in [3.8, 4) is 10.6 Å². The highest BCUT2D eigenvalue weighted by Gasteiger charge is 2.47. The molecule has 6 rings (SSSR count). The summed E-state index contributed by atoms with van der Waals surface area (Å²) in [5.74, 6) is 1.37. The Kier molecular flexibility index (Phi) is 4.38. The molecule has 2 unspecified atom stereocenters. The van der Waals surface area contributed by atoms with Gasteiger partial charge in [0.2, 0.25) is 0 Å². The SMILES string of the molecule is O=C(c1cc(-c2cccs2)[nH]n1)N1CCCC2=C[C@@H]3C[C@@H](CN4CCCCC34)C21. The van der Waals surface area contributed by atoms with Gasteiger partial charge < -0.3 is 4.90 Å². The van der Waals surface area contributed by atoms with Crippen LogP contribution in [0.4, 0.5) is 0 Å². The smallest absolute Gasteiger partial charge is 0.274 e. The summed E-state index contributed by atoms with van der Waals surface area (Å²) in [6, 6.07) is 7.04. The van der Waals surface area contributed by atoms with Crippen molar-refractivity contribution in [2.75, 3.05) is 19.6 Å². The molecule has 1 amide bonds. The topological polar surface area (TPSA) is 52.2 Å². The summed E-state index contributed by atoms with van der Waals surface area (Å²) >= 11 is 1.67. The molecule has 0 saturated carbocycles. The number of rotatable bonds is 2. The number of hydrogen-bond acceptors (Lipinski definition) is 4. The molecule has 0 radical (unpaired) electrons. The highest BCUT2D eigenvalue weighted by atomic mass is 32.1. The zero-order valence-electron chi connectivity index (χ0n) is 16.7. The third kappa shape index (κ3) is 2.99. The van der Waals surface area contributed by atoms with Crippen LogP contribution in [0.3, 0.4) is 0 Å². The third-order valence-corrected chi connectivity index (χ3v) is 8.40. The predicted molar refractivity (Wildman–Crippen MR) is 115 cm³/mol. The van der Waals surface area contributed by atoms with Gasteiger partial charge in [0.15, 0.2) is 5.69 Å². The van der Waals surface area contributed by atoms with Gasteiger partial charge in [-0.15, -0.1) is 11.3 Å². The molecule has 5 heterocycles. The Morgan fingerprint density at radius 2 is 2.21 bits per heavy atom. The molecule has 0 aromatic carbocycles. The maximum Gasteiger partial charge on any atom is 0.274 e. The van der Waals surface area contributed by atoms with Crippen molar-refractivity contribution >= 4 is 17.2 Å². The number of amides is 1. The van der Waals surface area contributed by atoms with Gasteiger partial charge in [-0.05, 0) is 68.0 Å². The van der Waals surface area contributed by atoms with Gasteiger partial charge in [-0.25, -0.2) is 0 Å². The van der Waals surface area contributed by atoms with E-state index in [0.717, 1.165) is 42.5 Å². The number of aromatic amines is 1. The molecular formula is C23H28N4OS. The van der Waals surface area contributed by atoms with Crippen LogP contribution in [-0.4, -0.2) is 57.6 Å². The van der Waals surface area contributed by atoms with Crippen molar-refractivity contribution in [2.45, 2.75) is 50.6 Å². The minimum Gasteiger partial charge on any atom is -0.330 e. The molecule has 2 aromatic heterocycles. The molecule has 3 aliphatic heterocycles. The number of fused-ring (bicyclic) bond motifs is 6. The van der Waals surface area contributed by atoms with Gasteiger partial charge >= 0.3 is 0 Å². The monoisotopic (exact) mass is 408 g/mol. The number of aromatic nitrogens is 2. The average molecular weight is 409 g/mol. The van der Waals surface area contributed by atoms with E-state index in [1.54, 1.807) is 11.3 Å². The van der Waals surface area contributed by atoms with Crippen LogP contribution in [0.25, 0.3) is 10.6 Å². The fourth-order valence-corrected chi connectivity index (χ4v) is 7.03. The molecule has 1 N–H and O–H groups in total. The largest absolute Gasteiger partial charge is 0.330 e. The second-order valence-corrected chi connectivity index (χ2v) is 10.1. The van der Waals surface area contributed by atoms with Crippen molar-refractivity contribution in [3.63, 3.8) is 0 Å². The number of H-pyrrole nitrogens is 1. The lowest BCUT2D eigenvalue weighted by Crippen LogP contribution is -2.60. The van der Waals surface area contributed by atoms with Crippen LogP contribution in [0, 0.1) is 11.8 Å². The molecule has 1 aliphatic carbocycles. The molecule has 29 heavy (non-hydrogen) atoms. The van der Waals surface area contributed by atoms with Crippen molar-refractivity contribution in [3.05, 3.63) is 40.9 Å². The number of nitrogens with zero attached hydrogens (tertiary/aromatic N) is 3. The first-order chi connectivity index (χ1) is 14.3. The fraction of sp³-hybridized carbons (Fsp3) is 0.565. The van der Waals surface area contributed by atoms with Crippen molar-refractivity contribution < 1.29 is 4.79 Å². The quantitative estimate of drug-likeness (QED) is 0.759. The fourth-order valence-electron chi connectivity index (χ4n) is 6.34. The van der Waals surface area contributed by atoms with E-state index in [1.807, 2.05) is 12.1 Å². The van der Waals surface area contributed by atoms with E-state index in [2.05, 4.69) is 37.5 Å². The van der Waals surface area contributed by atoms with Crippen LogP contribution in [0.2, 0.25) is 0 Å². The Morgan fingerprint density at radius 1 is 1.24 bits per heavy atom. The molecule has 2 aromatic rings. The van der Waals surface area contributed by atoms with E-state index in [4.69, 9.17) is 0 Å². The Hall–Kier alpha value is -1.92. The van der Waals surface area contributed by atoms with Gasteiger partial charge in [0, 0.05) is 19.1 Å². The standard InChI is InChI=1S/C23H28N4OS/c28-23(19-13-18(24-25-19)21-7-4-10-29-21)27-9-3-5-15-11-16-12-17(22(15)27)14-26-8-2-1-6-20(16)26/h4,7,10-11,13,16-17,20,22H,1-3,5-6,8-9,12,14H2,(H,24,25)/t16-,17+,20?,22?/m1/s1. The van der Waals surface area contributed by atoms with Crippen molar-refractivity contribution in [1.82, 2.24) is 20.0 Å². The summed E-state index contributed by atoms with van der Waals surface area (Å²) in [4.78, 5) is 19.5. The predicted octanol–water partition coefficient (Wildman–Crippen LogP) is 4.17. The van der Waals surface area contributed by atoms with E-state index in [9.17, 15) is 4.79 Å². The minimum absolute atomic E-state index is 0.0962. The second-order valence-electron chi connectivity index (χ2n) is 9.15. The van der Waals surface area contributed by atoms with E-state index >= 15 is 0 Å². The summed E-state index contributed by atoms with van der Waals surface area (Å²) < 4.78 is 0. The number of likely N-dealkylation sites (tertiary alicyclic amines) is 1. The van der Waals surface area contributed by atoms with Crippen molar-refractivity contribution in [2.24, 2.45) is 11.8 Å². The maximum atomic E-state index is 13.5. The number of thiophene rings is 1. The van der Waals surface area contributed by atoms with Crippen molar-refractivity contribution in [1.29, 1.82) is 0 Å². The van der Waals surface area contributed by atoms with Gasteiger partial charge in [0.05, 0.1) is 16.6 Å². The van der Waals surface area contributed by atoms with E-state index < -0.39 is 0 Å². The number of nitrogens with one attached hydrogen (secondary N) is 1. The number of piperidine rings is 3. The second kappa shape index (κ2) is 7.10. The van der Waals surface area contributed by atoms with Crippen LogP contribution in [0.1, 0.15) is 49.0 Å². The van der Waals surface area contributed by atoms with Crippen LogP contribution >= 0.6 is 11.3 Å². The first-order valence-electron chi connectivity index (χ1n) is 11.1. The zero-order chi connectivity index (χ0) is 19.4. The lowest BCUT2D eigenvalue weighted by atomic mass is 9.68. The Labute approximate surface area is 175 Å². The zero-order valence-corrected chi connectivity index (χ0v) is 17.5. The summed E-state index contributed by atoms with van der Waals surface area (Å²) in [5, 5.41) is 9.51. The van der Waals surface area contributed by atoms with E-state index in [-0.39, 0.29) is 11.9 Å².